The van der Waals surface area contributed by atoms with Crippen LogP contribution in [0.3, 0.4) is 0 Å². The Hall–Kier alpha value is -3.38. The molecule has 32 heavy (non-hydrogen) atoms. The first-order chi connectivity index (χ1) is 15.5. The van der Waals surface area contributed by atoms with Gasteiger partial charge in [-0.25, -0.2) is 4.39 Å². The van der Waals surface area contributed by atoms with Crippen LogP contribution in [0.25, 0.3) is 10.9 Å². The summed E-state index contributed by atoms with van der Waals surface area (Å²) in [5, 5.41) is 14.6. The van der Waals surface area contributed by atoms with Gasteiger partial charge in [-0.1, -0.05) is 12.1 Å². The number of nitrogens with one attached hydrogen (secondary N) is 2. The standard InChI is InChI=1S/C26H26FN3OS/c1-4-13-32-26-15-20(29-19-6-5-18-11-12-28-23(18)14-19)7-9-24(26)30(3)16-21-17(2)25(31)10-8-22(21)27/h4-12,14-15,28-29,31H,1,13,16H2,2-3H3. The first kappa shape index (κ1) is 21.8. The Labute approximate surface area is 191 Å². The largest absolute Gasteiger partial charge is 0.508 e. The third-order valence-electron chi connectivity index (χ3n) is 5.48. The Bertz CT molecular complexity index is 1270. The number of hydrogen-bond acceptors (Lipinski definition) is 4. The van der Waals surface area contributed by atoms with Crippen LogP contribution in [-0.4, -0.2) is 22.9 Å². The lowest BCUT2D eigenvalue weighted by atomic mass is 10.1. The lowest BCUT2D eigenvalue weighted by Gasteiger charge is -2.24. The minimum absolute atomic E-state index is 0.106. The van der Waals surface area contributed by atoms with Crippen molar-refractivity contribution in [1.29, 1.82) is 0 Å². The van der Waals surface area contributed by atoms with Crippen LogP contribution in [0.4, 0.5) is 21.5 Å². The number of halogens is 1. The van der Waals surface area contributed by atoms with Crippen LogP contribution in [0, 0.1) is 12.7 Å². The van der Waals surface area contributed by atoms with E-state index >= 15 is 0 Å². The number of H-pyrrole nitrogens is 1. The summed E-state index contributed by atoms with van der Waals surface area (Å²) in [6, 6.07) is 17.1. The molecule has 1 aromatic heterocycles. The highest BCUT2D eigenvalue weighted by molar-refractivity contribution is 7.99. The molecule has 1 heterocycles. The van der Waals surface area contributed by atoms with Gasteiger partial charge in [0.2, 0.25) is 0 Å². The lowest BCUT2D eigenvalue weighted by molar-refractivity contribution is 0.466. The maximum atomic E-state index is 14.4. The fraction of sp³-hybridized carbons (Fsp3) is 0.154. The topological polar surface area (TPSA) is 51.3 Å². The molecule has 0 unspecified atom stereocenters. The van der Waals surface area contributed by atoms with Gasteiger partial charge in [0.25, 0.3) is 0 Å². The average Bonchev–Trinajstić information content (AvgIpc) is 3.26. The maximum Gasteiger partial charge on any atom is 0.128 e. The quantitative estimate of drug-likeness (QED) is 0.201. The van der Waals surface area contributed by atoms with Crippen LogP contribution >= 0.6 is 11.8 Å². The molecule has 3 N–H and O–H groups in total. The molecule has 0 atom stereocenters. The SMILES string of the molecule is C=CCSc1cc(Nc2ccc3cc[nH]c3c2)ccc1N(C)Cc1c(F)ccc(O)c1C. The molecule has 4 nitrogen and oxygen atoms in total. The first-order valence-electron chi connectivity index (χ1n) is 10.4. The zero-order valence-corrected chi connectivity index (χ0v) is 19.0. The Morgan fingerprint density at radius 3 is 2.72 bits per heavy atom. The van der Waals surface area contributed by atoms with Gasteiger partial charge in [0.05, 0.1) is 5.69 Å². The molecule has 0 fully saturated rings. The molecule has 0 aliphatic heterocycles. The number of benzene rings is 3. The van der Waals surface area contributed by atoms with Gasteiger partial charge < -0.3 is 20.3 Å². The minimum atomic E-state index is -0.314. The summed E-state index contributed by atoms with van der Waals surface area (Å²) in [6.07, 6.45) is 3.80. The summed E-state index contributed by atoms with van der Waals surface area (Å²) in [4.78, 5) is 6.31. The summed E-state index contributed by atoms with van der Waals surface area (Å²) in [5.41, 5.74) is 5.10. The highest BCUT2D eigenvalue weighted by Gasteiger charge is 2.15. The number of fused-ring (bicyclic) bond motifs is 1. The van der Waals surface area contributed by atoms with E-state index in [1.165, 1.54) is 17.5 Å². The summed E-state index contributed by atoms with van der Waals surface area (Å²) >= 11 is 1.68. The predicted octanol–water partition coefficient (Wildman–Crippen LogP) is 6.98. The third-order valence-corrected chi connectivity index (χ3v) is 6.52. The van der Waals surface area contributed by atoms with E-state index in [0.29, 0.717) is 17.7 Å². The van der Waals surface area contributed by atoms with Gasteiger partial charge in [-0.2, -0.15) is 0 Å². The zero-order valence-electron chi connectivity index (χ0n) is 18.2. The molecule has 0 spiro atoms. The van der Waals surface area contributed by atoms with Crippen molar-refractivity contribution in [3.05, 3.63) is 90.4 Å². The smallest absolute Gasteiger partial charge is 0.128 e. The van der Waals surface area contributed by atoms with Crippen molar-refractivity contribution in [2.45, 2.75) is 18.4 Å². The average molecular weight is 448 g/mol. The number of aromatic hydroxyl groups is 1. The van der Waals surface area contributed by atoms with Crippen LogP contribution in [0.5, 0.6) is 5.75 Å². The number of rotatable bonds is 8. The van der Waals surface area contributed by atoms with Crippen LogP contribution in [0.2, 0.25) is 0 Å². The van der Waals surface area contributed by atoms with E-state index in [0.717, 1.165) is 33.2 Å². The zero-order chi connectivity index (χ0) is 22.7. The second-order valence-electron chi connectivity index (χ2n) is 7.71. The molecule has 4 aromatic rings. The molecule has 4 rings (SSSR count). The van der Waals surface area contributed by atoms with Crippen LogP contribution in [-0.2, 0) is 6.54 Å². The molecule has 0 aliphatic carbocycles. The maximum absolute atomic E-state index is 14.4. The Morgan fingerprint density at radius 1 is 1.12 bits per heavy atom. The number of thioether (sulfide) groups is 1. The van der Waals surface area contributed by atoms with Crippen LogP contribution in [0.1, 0.15) is 11.1 Å². The molecule has 0 saturated carbocycles. The van der Waals surface area contributed by atoms with Gasteiger partial charge in [0, 0.05) is 52.9 Å². The fourth-order valence-electron chi connectivity index (χ4n) is 3.69. The normalized spacial score (nSPS) is 11.0. The number of phenols is 1. The van der Waals surface area contributed by atoms with Crippen molar-refractivity contribution >= 4 is 39.7 Å². The number of aromatic amines is 1. The highest BCUT2D eigenvalue weighted by atomic mass is 32.2. The Morgan fingerprint density at radius 2 is 1.91 bits per heavy atom. The van der Waals surface area contributed by atoms with Crippen molar-refractivity contribution in [3.8, 4) is 5.75 Å². The van der Waals surface area contributed by atoms with E-state index in [-0.39, 0.29) is 11.6 Å². The predicted molar refractivity (Wildman–Crippen MR) is 134 cm³/mol. The molecular formula is C26H26FN3OS. The van der Waals surface area contributed by atoms with Crippen molar-refractivity contribution in [2.75, 3.05) is 23.0 Å². The van der Waals surface area contributed by atoms with Crippen LogP contribution in [0.15, 0.2) is 78.3 Å². The Balaban J connectivity index is 1.61. The van der Waals surface area contributed by atoms with Gasteiger partial charge in [0.15, 0.2) is 0 Å². The number of hydrogen-bond donors (Lipinski definition) is 3. The van der Waals surface area contributed by atoms with Gasteiger partial charge in [-0.05, 0) is 66.4 Å². The van der Waals surface area contributed by atoms with Gasteiger partial charge >= 0.3 is 0 Å². The van der Waals surface area contributed by atoms with Gasteiger partial charge in [0.1, 0.15) is 11.6 Å². The van der Waals surface area contributed by atoms with E-state index < -0.39 is 0 Å². The van der Waals surface area contributed by atoms with E-state index in [2.05, 4.69) is 41.1 Å². The number of phenolic OH excluding ortho intramolecular Hbond substituents is 1. The van der Waals surface area contributed by atoms with Gasteiger partial charge in [-0.15, -0.1) is 18.3 Å². The summed E-state index contributed by atoms with van der Waals surface area (Å²) in [7, 11) is 1.93. The van der Waals surface area contributed by atoms with Gasteiger partial charge in [-0.3, -0.25) is 0 Å². The third kappa shape index (κ3) is 4.60. The highest BCUT2D eigenvalue weighted by Crippen LogP contribution is 2.35. The molecule has 0 saturated heterocycles. The molecule has 3 aromatic carbocycles. The second-order valence-corrected chi connectivity index (χ2v) is 8.77. The first-order valence-corrected chi connectivity index (χ1v) is 11.3. The summed E-state index contributed by atoms with van der Waals surface area (Å²) in [6.45, 7) is 5.92. The second kappa shape index (κ2) is 9.40. The number of aromatic nitrogens is 1. The number of anilines is 3. The molecule has 0 amide bonds. The summed E-state index contributed by atoms with van der Waals surface area (Å²) in [5.74, 6) is 0.554. The van der Waals surface area contributed by atoms with Crippen LogP contribution < -0.4 is 10.2 Å². The van der Waals surface area contributed by atoms with Crippen molar-refractivity contribution in [1.82, 2.24) is 4.98 Å². The molecule has 0 aliphatic rings. The Kier molecular flexibility index (Phi) is 6.42. The van der Waals surface area contributed by atoms with E-state index in [9.17, 15) is 9.50 Å². The molecular weight excluding hydrogens is 421 g/mol. The van der Waals surface area contributed by atoms with E-state index in [1.807, 2.05) is 42.4 Å². The fourth-order valence-corrected chi connectivity index (χ4v) is 4.57. The minimum Gasteiger partial charge on any atom is -0.508 e. The molecule has 164 valence electrons. The number of nitrogens with zero attached hydrogens (tertiary/aromatic N) is 1. The molecule has 6 heteroatoms. The lowest BCUT2D eigenvalue weighted by Crippen LogP contribution is -2.19. The van der Waals surface area contributed by atoms with Crippen molar-refractivity contribution in [2.24, 2.45) is 0 Å². The van der Waals surface area contributed by atoms with E-state index in [4.69, 9.17) is 0 Å². The van der Waals surface area contributed by atoms with Crippen molar-refractivity contribution in [3.63, 3.8) is 0 Å². The molecule has 0 radical (unpaired) electrons. The monoisotopic (exact) mass is 447 g/mol. The van der Waals surface area contributed by atoms with E-state index in [1.54, 1.807) is 18.7 Å². The summed E-state index contributed by atoms with van der Waals surface area (Å²) < 4.78 is 14.4. The molecule has 0 bridgehead atoms. The van der Waals surface area contributed by atoms with Crippen molar-refractivity contribution < 1.29 is 9.50 Å².